The maximum Gasteiger partial charge on any atom is 0.326 e. The fourth-order valence-electron chi connectivity index (χ4n) is 4.51. The Balaban J connectivity index is 1.60. The summed E-state index contributed by atoms with van der Waals surface area (Å²) in [6.45, 7) is 0.829. The SMILES string of the molecule is CN(CC1CC2CCC1C2)C(=O)N1CC(O)C[C@H]1C(=O)O. The summed E-state index contributed by atoms with van der Waals surface area (Å²) in [4.78, 5) is 26.6. The number of aliphatic hydroxyl groups is 1. The number of hydrogen-bond donors (Lipinski definition) is 2. The fraction of sp³-hybridized carbons (Fsp3) is 0.867. The van der Waals surface area contributed by atoms with Gasteiger partial charge in [0.05, 0.1) is 6.10 Å². The summed E-state index contributed by atoms with van der Waals surface area (Å²) in [5.74, 6) is 1.11. The van der Waals surface area contributed by atoms with Crippen LogP contribution in [0.15, 0.2) is 0 Å². The van der Waals surface area contributed by atoms with E-state index < -0.39 is 18.1 Å². The van der Waals surface area contributed by atoms with E-state index in [4.69, 9.17) is 0 Å². The molecule has 0 aromatic heterocycles. The molecule has 118 valence electrons. The highest BCUT2D eigenvalue weighted by molar-refractivity contribution is 5.83. The van der Waals surface area contributed by atoms with E-state index in [9.17, 15) is 19.8 Å². The molecule has 3 rings (SSSR count). The van der Waals surface area contributed by atoms with Crippen molar-refractivity contribution in [1.82, 2.24) is 9.80 Å². The van der Waals surface area contributed by atoms with Crippen molar-refractivity contribution in [3.63, 3.8) is 0 Å². The molecule has 2 bridgehead atoms. The van der Waals surface area contributed by atoms with E-state index in [0.29, 0.717) is 12.5 Å². The molecule has 2 N–H and O–H groups in total. The third-order valence-corrected chi connectivity index (χ3v) is 5.53. The summed E-state index contributed by atoms with van der Waals surface area (Å²) in [6, 6.07) is -1.16. The van der Waals surface area contributed by atoms with E-state index in [1.807, 2.05) is 0 Å². The van der Waals surface area contributed by atoms with Crippen LogP contribution in [-0.4, -0.2) is 64.3 Å². The number of nitrogens with zero attached hydrogens (tertiary/aromatic N) is 2. The number of amides is 2. The molecule has 6 nitrogen and oxygen atoms in total. The molecule has 5 atom stereocenters. The average molecular weight is 296 g/mol. The predicted molar refractivity (Wildman–Crippen MR) is 75.7 cm³/mol. The Morgan fingerprint density at radius 2 is 2.00 bits per heavy atom. The number of fused-ring (bicyclic) bond motifs is 2. The van der Waals surface area contributed by atoms with Crippen LogP contribution in [0.25, 0.3) is 0 Å². The Hall–Kier alpha value is -1.30. The first kappa shape index (κ1) is 14.6. The number of hydrogen-bond acceptors (Lipinski definition) is 3. The quantitative estimate of drug-likeness (QED) is 0.814. The third kappa shape index (κ3) is 2.73. The van der Waals surface area contributed by atoms with Crippen LogP contribution in [-0.2, 0) is 4.79 Å². The van der Waals surface area contributed by atoms with Gasteiger partial charge in [0, 0.05) is 26.6 Å². The van der Waals surface area contributed by atoms with Crippen molar-refractivity contribution in [3.8, 4) is 0 Å². The maximum atomic E-state index is 12.5. The number of aliphatic hydroxyl groups excluding tert-OH is 1. The standard InChI is InChI=1S/C15H24N2O4/c1-16(7-11-5-9-2-3-10(11)4-9)15(21)17-8-12(18)6-13(17)14(19)20/h9-13,18H,2-8H2,1H3,(H,19,20)/t9?,10?,11?,12?,13-/m0/s1. The van der Waals surface area contributed by atoms with Crippen molar-refractivity contribution < 1.29 is 19.8 Å². The third-order valence-electron chi connectivity index (χ3n) is 5.53. The second kappa shape index (κ2) is 5.48. The molecule has 2 saturated carbocycles. The molecule has 0 aromatic rings. The first-order valence-corrected chi connectivity index (χ1v) is 7.88. The number of urea groups is 1. The van der Waals surface area contributed by atoms with Crippen molar-refractivity contribution in [3.05, 3.63) is 0 Å². The Bertz CT molecular complexity index is 441. The lowest BCUT2D eigenvalue weighted by Gasteiger charge is -2.31. The molecule has 6 heteroatoms. The lowest BCUT2D eigenvalue weighted by atomic mass is 9.88. The fourth-order valence-corrected chi connectivity index (χ4v) is 4.51. The maximum absolute atomic E-state index is 12.5. The lowest BCUT2D eigenvalue weighted by Crippen LogP contribution is -2.48. The first-order chi connectivity index (χ1) is 9.95. The molecule has 21 heavy (non-hydrogen) atoms. The van der Waals surface area contributed by atoms with E-state index in [0.717, 1.165) is 11.8 Å². The van der Waals surface area contributed by atoms with Gasteiger partial charge in [-0.3, -0.25) is 0 Å². The number of carbonyl (C=O) groups is 2. The number of carboxylic acids is 1. The highest BCUT2D eigenvalue weighted by atomic mass is 16.4. The molecular weight excluding hydrogens is 272 g/mol. The van der Waals surface area contributed by atoms with Crippen molar-refractivity contribution in [2.75, 3.05) is 20.1 Å². The summed E-state index contributed by atoms with van der Waals surface area (Å²) < 4.78 is 0. The Morgan fingerprint density at radius 1 is 1.24 bits per heavy atom. The minimum Gasteiger partial charge on any atom is -0.480 e. The van der Waals surface area contributed by atoms with E-state index in [1.54, 1.807) is 11.9 Å². The lowest BCUT2D eigenvalue weighted by molar-refractivity contribution is -0.141. The minimum atomic E-state index is -1.03. The van der Waals surface area contributed by atoms with Gasteiger partial charge in [-0.05, 0) is 37.0 Å². The molecule has 3 fully saturated rings. The number of carboxylic acid groups (broad SMARTS) is 1. The Morgan fingerprint density at radius 3 is 2.57 bits per heavy atom. The molecular formula is C15H24N2O4. The number of rotatable bonds is 3. The van der Waals surface area contributed by atoms with Crippen LogP contribution >= 0.6 is 0 Å². The van der Waals surface area contributed by atoms with Crippen LogP contribution < -0.4 is 0 Å². The van der Waals surface area contributed by atoms with Crippen LogP contribution in [0.1, 0.15) is 32.1 Å². The predicted octanol–water partition coefficient (Wildman–Crippen LogP) is 0.994. The van der Waals surface area contributed by atoms with Gasteiger partial charge in [0.25, 0.3) is 0 Å². The number of likely N-dealkylation sites (tertiary alicyclic amines) is 1. The summed E-state index contributed by atoms with van der Waals surface area (Å²) in [5.41, 5.74) is 0. The summed E-state index contributed by atoms with van der Waals surface area (Å²) >= 11 is 0. The van der Waals surface area contributed by atoms with Gasteiger partial charge in [-0.25, -0.2) is 9.59 Å². The van der Waals surface area contributed by atoms with Crippen LogP contribution in [0, 0.1) is 17.8 Å². The van der Waals surface area contributed by atoms with Crippen molar-refractivity contribution in [1.29, 1.82) is 0 Å². The van der Waals surface area contributed by atoms with Gasteiger partial charge in [-0.15, -0.1) is 0 Å². The summed E-state index contributed by atoms with van der Waals surface area (Å²) in [7, 11) is 1.75. The van der Waals surface area contributed by atoms with Crippen molar-refractivity contribution in [2.45, 2.75) is 44.2 Å². The summed E-state index contributed by atoms with van der Waals surface area (Å²) in [6.07, 6.45) is 4.50. The Kier molecular flexibility index (Phi) is 3.82. The van der Waals surface area contributed by atoms with Gasteiger partial charge in [0.1, 0.15) is 6.04 Å². The molecule has 3 aliphatic rings. The van der Waals surface area contributed by atoms with Gasteiger partial charge in [0.2, 0.25) is 0 Å². The van der Waals surface area contributed by atoms with Gasteiger partial charge in [-0.1, -0.05) is 6.42 Å². The van der Waals surface area contributed by atoms with Crippen molar-refractivity contribution >= 4 is 12.0 Å². The molecule has 2 amide bonds. The molecule has 1 heterocycles. The Labute approximate surface area is 124 Å². The second-order valence-corrected chi connectivity index (χ2v) is 6.99. The number of aliphatic carboxylic acids is 1. The molecule has 1 aliphatic heterocycles. The smallest absolute Gasteiger partial charge is 0.326 e. The monoisotopic (exact) mass is 296 g/mol. The van der Waals surface area contributed by atoms with Gasteiger partial charge < -0.3 is 20.0 Å². The van der Waals surface area contributed by atoms with Crippen LogP contribution in [0.5, 0.6) is 0 Å². The zero-order chi connectivity index (χ0) is 15.1. The zero-order valence-corrected chi connectivity index (χ0v) is 12.4. The molecule has 1 saturated heterocycles. The zero-order valence-electron chi connectivity index (χ0n) is 12.4. The summed E-state index contributed by atoms with van der Waals surface area (Å²) in [5, 5.41) is 18.8. The van der Waals surface area contributed by atoms with Gasteiger partial charge in [0.15, 0.2) is 0 Å². The van der Waals surface area contributed by atoms with Gasteiger partial charge in [-0.2, -0.15) is 0 Å². The van der Waals surface area contributed by atoms with E-state index in [-0.39, 0.29) is 19.0 Å². The second-order valence-electron chi connectivity index (χ2n) is 6.99. The largest absolute Gasteiger partial charge is 0.480 e. The van der Waals surface area contributed by atoms with Crippen LogP contribution in [0.2, 0.25) is 0 Å². The van der Waals surface area contributed by atoms with E-state index >= 15 is 0 Å². The molecule has 4 unspecified atom stereocenters. The molecule has 0 aromatic carbocycles. The highest BCUT2D eigenvalue weighted by Crippen LogP contribution is 2.48. The highest BCUT2D eigenvalue weighted by Gasteiger charge is 2.43. The van der Waals surface area contributed by atoms with Crippen molar-refractivity contribution in [2.24, 2.45) is 17.8 Å². The molecule has 0 spiro atoms. The number of carbonyl (C=O) groups excluding carboxylic acids is 1. The van der Waals surface area contributed by atoms with Crippen LogP contribution in [0.4, 0.5) is 4.79 Å². The molecule has 2 aliphatic carbocycles. The van der Waals surface area contributed by atoms with E-state index in [2.05, 4.69) is 0 Å². The normalized spacial score (nSPS) is 38.0. The van der Waals surface area contributed by atoms with Crippen LogP contribution in [0.3, 0.4) is 0 Å². The minimum absolute atomic E-state index is 0.122. The van der Waals surface area contributed by atoms with Gasteiger partial charge >= 0.3 is 12.0 Å². The molecule has 0 radical (unpaired) electrons. The van der Waals surface area contributed by atoms with E-state index in [1.165, 1.54) is 30.6 Å². The topological polar surface area (TPSA) is 81.1 Å². The average Bonchev–Trinajstić information content (AvgIpc) is 3.12. The first-order valence-electron chi connectivity index (χ1n) is 7.88. The number of β-amino-alcohol motifs (C(OH)–C–C–N with tert-alkyl or cyclic N) is 1.